The molecular formula is C29H36N2O5. The van der Waals surface area contributed by atoms with Crippen molar-refractivity contribution < 1.29 is 23.5 Å². The maximum atomic E-state index is 12.8. The van der Waals surface area contributed by atoms with E-state index in [9.17, 15) is 9.59 Å². The molecule has 1 aliphatic heterocycles. The molecule has 3 aliphatic rings. The zero-order valence-corrected chi connectivity index (χ0v) is 21.2. The average Bonchev–Trinajstić information content (AvgIpc) is 3.52. The van der Waals surface area contributed by atoms with E-state index in [1.54, 1.807) is 24.7 Å². The summed E-state index contributed by atoms with van der Waals surface area (Å²) in [6, 6.07) is 9.73. The molecule has 7 nitrogen and oxygen atoms in total. The van der Waals surface area contributed by atoms with Crippen molar-refractivity contribution in [2.45, 2.75) is 62.5 Å². The lowest BCUT2D eigenvalue weighted by Crippen LogP contribution is -2.68. The Bertz CT molecular complexity index is 1110. The first-order valence-corrected chi connectivity index (χ1v) is 13.0. The van der Waals surface area contributed by atoms with Gasteiger partial charge in [0.15, 0.2) is 0 Å². The lowest BCUT2D eigenvalue weighted by Gasteiger charge is -2.60. The number of hydrogen-bond donors (Lipinski definition) is 1. The Morgan fingerprint density at radius 2 is 2.08 bits per heavy atom. The maximum absolute atomic E-state index is 12.8. The number of fused-ring (bicyclic) bond motifs is 1. The normalized spacial score (nSPS) is 28.6. The van der Waals surface area contributed by atoms with E-state index in [-0.39, 0.29) is 28.9 Å². The molecule has 192 valence electrons. The van der Waals surface area contributed by atoms with Crippen LogP contribution >= 0.6 is 0 Å². The molecule has 2 saturated carbocycles. The number of nitrogens with zero attached hydrogens (tertiary/aromatic N) is 1. The second-order valence-corrected chi connectivity index (χ2v) is 10.7. The number of nitrogens with one attached hydrogen (secondary N) is 1. The van der Waals surface area contributed by atoms with E-state index in [0.717, 1.165) is 62.4 Å². The van der Waals surface area contributed by atoms with Crippen LogP contribution in [-0.4, -0.2) is 55.2 Å². The molecule has 1 amide bonds. The van der Waals surface area contributed by atoms with E-state index < -0.39 is 0 Å². The molecule has 1 saturated heterocycles. The summed E-state index contributed by atoms with van der Waals surface area (Å²) in [5.41, 5.74) is 1.29. The van der Waals surface area contributed by atoms with Gasteiger partial charge in [-0.2, -0.15) is 0 Å². The second kappa shape index (κ2) is 10.2. The van der Waals surface area contributed by atoms with Crippen molar-refractivity contribution in [2.75, 3.05) is 26.7 Å². The van der Waals surface area contributed by atoms with Gasteiger partial charge in [-0.1, -0.05) is 12.1 Å². The van der Waals surface area contributed by atoms with Gasteiger partial charge < -0.3 is 24.1 Å². The third kappa shape index (κ3) is 5.13. The molecule has 1 aromatic heterocycles. The summed E-state index contributed by atoms with van der Waals surface area (Å²) in [7, 11) is 1.83. The molecule has 2 aromatic rings. The molecule has 3 fully saturated rings. The minimum absolute atomic E-state index is 0.0159. The number of ether oxygens (including phenoxy) is 2. The van der Waals surface area contributed by atoms with E-state index in [0.29, 0.717) is 5.75 Å². The lowest BCUT2D eigenvalue weighted by atomic mass is 9.55. The summed E-state index contributed by atoms with van der Waals surface area (Å²) in [6.45, 7) is 4.41. The molecule has 3 atom stereocenters. The van der Waals surface area contributed by atoms with E-state index >= 15 is 0 Å². The highest BCUT2D eigenvalue weighted by molar-refractivity contribution is 5.91. The van der Waals surface area contributed by atoms with Crippen molar-refractivity contribution in [3.63, 3.8) is 0 Å². The van der Waals surface area contributed by atoms with Crippen molar-refractivity contribution in [1.29, 1.82) is 0 Å². The van der Waals surface area contributed by atoms with Crippen molar-refractivity contribution >= 4 is 18.0 Å². The van der Waals surface area contributed by atoms with Gasteiger partial charge in [-0.25, -0.2) is 0 Å². The average molecular weight is 493 g/mol. The van der Waals surface area contributed by atoms with E-state index in [4.69, 9.17) is 13.9 Å². The van der Waals surface area contributed by atoms with Gasteiger partial charge in [0.25, 0.3) is 0 Å². The van der Waals surface area contributed by atoms with Crippen LogP contribution in [0, 0.1) is 5.92 Å². The van der Waals surface area contributed by atoms with Crippen molar-refractivity contribution in [1.82, 2.24) is 10.2 Å². The second-order valence-electron chi connectivity index (χ2n) is 10.7. The summed E-state index contributed by atoms with van der Waals surface area (Å²) >= 11 is 0. The predicted molar refractivity (Wildman–Crippen MR) is 136 cm³/mol. The van der Waals surface area contributed by atoms with E-state index in [1.165, 1.54) is 19.8 Å². The minimum Gasteiger partial charge on any atom is -0.472 e. The van der Waals surface area contributed by atoms with Crippen molar-refractivity contribution in [3.05, 3.63) is 60.1 Å². The molecule has 0 unspecified atom stereocenters. The van der Waals surface area contributed by atoms with Crippen LogP contribution in [0.1, 0.15) is 56.6 Å². The zero-order chi connectivity index (χ0) is 25.2. The van der Waals surface area contributed by atoms with E-state index in [1.807, 2.05) is 31.4 Å². The minimum atomic E-state index is -0.372. The third-order valence-electron chi connectivity index (χ3n) is 8.27. The number of benzene rings is 1. The lowest BCUT2D eigenvalue weighted by molar-refractivity contribution is -0.150. The molecule has 5 rings (SSSR count). The summed E-state index contributed by atoms with van der Waals surface area (Å²) in [5, 5.41) is 3.24. The van der Waals surface area contributed by atoms with Crippen LogP contribution in [0.5, 0.6) is 5.75 Å². The molecule has 2 heterocycles. The fourth-order valence-electron chi connectivity index (χ4n) is 6.35. The number of likely N-dealkylation sites (tertiary alicyclic amines) is 1. The highest BCUT2D eigenvalue weighted by atomic mass is 16.5. The number of piperidine rings is 1. The highest BCUT2D eigenvalue weighted by Gasteiger charge is 2.59. The maximum Gasteiger partial charge on any atom is 0.308 e. The van der Waals surface area contributed by atoms with Gasteiger partial charge in [-0.3, -0.25) is 9.59 Å². The number of furan rings is 1. The number of rotatable bonds is 8. The van der Waals surface area contributed by atoms with Crippen LogP contribution < -0.4 is 10.1 Å². The summed E-state index contributed by atoms with van der Waals surface area (Å²) < 4.78 is 17.0. The Morgan fingerprint density at radius 3 is 2.81 bits per heavy atom. The molecule has 0 bridgehead atoms. The number of amides is 1. The SMILES string of the molecule is CO[C@]12CC[C@H](NC(=O)/C=C/c3ccoc3)C[C@]1(c1cccc(OC(C)=O)c1)CCN(CC1CC1)C2. The van der Waals surface area contributed by atoms with Gasteiger partial charge in [-0.15, -0.1) is 0 Å². The van der Waals surface area contributed by atoms with Crippen LogP contribution in [-0.2, 0) is 19.7 Å². The van der Waals surface area contributed by atoms with Crippen molar-refractivity contribution in [3.8, 4) is 5.75 Å². The molecular weight excluding hydrogens is 456 g/mol. The molecule has 0 radical (unpaired) electrons. The van der Waals surface area contributed by atoms with Crippen LogP contribution in [0.2, 0.25) is 0 Å². The molecule has 2 aliphatic carbocycles. The highest BCUT2D eigenvalue weighted by Crippen LogP contribution is 2.54. The third-order valence-corrected chi connectivity index (χ3v) is 8.27. The largest absolute Gasteiger partial charge is 0.472 e. The monoisotopic (exact) mass is 492 g/mol. The Labute approximate surface area is 212 Å². The fourth-order valence-corrected chi connectivity index (χ4v) is 6.35. The standard InChI is InChI=1S/C29H36N2O5/c1-21(32)36-26-5-3-4-24(16-26)28-13-14-31(18-22-6-7-22)20-29(28,34-2)12-10-25(17-28)30-27(33)9-8-23-11-15-35-19-23/h3-5,8-9,11,15-16,19,22,25H,6-7,10,12-14,17-18,20H2,1-2H3,(H,30,33)/b9-8+/t25-,28-,29-/m0/s1. The zero-order valence-electron chi connectivity index (χ0n) is 21.2. The summed E-state index contributed by atoms with van der Waals surface area (Å²) in [5.74, 6) is 0.923. The van der Waals surface area contributed by atoms with Crippen LogP contribution in [0.4, 0.5) is 0 Å². The molecule has 1 N–H and O–H groups in total. The first kappa shape index (κ1) is 24.8. The number of methoxy groups -OCH3 is 1. The van der Waals surface area contributed by atoms with Crippen LogP contribution in [0.15, 0.2) is 53.4 Å². The first-order valence-electron chi connectivity index (χ1n) is 13.0. The molecule has 0 spiro atoms. The van der Waals surface area contributed by atoms with Gasteiger partial charge in [0.2, 0.25) is 5.91 Å². The first-order chi connectivity index (χ1) is 17.4. The number of esters is 1. The molecule has 36 heavy (non-hydrogen) atoms. The van der Waals surface area contributed by atoms with Gasteiger partial charge in [0.1, 0.15) is 5.75 Å². The Morgan fingerprint density at radius 1 is 1.22 bits per heavy atom. The van der Waals surface area contributed by atoms with Crippen LogP contribution in [0.25, 0.3) is 6.08 Å². The van der Waals surface area contributed by atoms with Crippen molar-refractivity contribution in [2.24, 2.45) is 5.92 Å². The van der Waals surface area contributed by atoms with E-state index in [2.05, 4.69) is 16.3 Å². The smallest absolute Gasteiger partial charge is 0.308 e. The van der Waals surface area contributed by atoms with Gasteiger partial charge in [-0.05, 0) is 80.8 Å². The number of hydrogen-bond acceptors (Lipinski definition) is 6. The molecule has 7 heteroatoms. The van der Waals surface area contributed by atoms with Gasteiger partial charge in [0, 0.05) is 50.2 Å². The van der Waals surface area contributed by atoms with Crippen LogP contribution in [0.3, 0.4) is 0 Å². The predicted octanol–water partition coefficient (Wildman–Crippen LogP) is 4.33. The summed E-state index contributed by atoms with van der Waals surface area (Å²) in [6.07, 6.45) is 12.6. The number of carbonyl (C=O) groups is 2. The molecule has 1 aromatic carbocycles. The number of carbonyl (C=O) groups excluding carboxylic acids is 2. The van der Waals surface area contributed by atoms with Gasteiger partial charge in [0.05, 0.1) is 18.1 Å². The fraction of sp³-hybridized carbons (Fsp3) is 0.517. The van der Waals surface area contributed by atoms with Gasteiger partial charge >= 0.3 is 5.97 Å². The quantitative estimate of drug-likeness (QED) is 0.336. The summed E-state index contributed by atoms with van der Waals surface area (Å²) in [4.78, 5) is 27.0. The topological polar surface area (TPSA) is 81.0 Å². The Balaban J connectivity index is 1.42. The Kier molecular flexibility index (Phi) is 7.04. The Hall–Kier alpha value is -2.90.